The Kier molecular flexibility index (Phi) is 5.34. The molecule has 1 saturated heterocycles. The molecule has 0 spiro atoms. The van der Waals surface area contributed by atoms with Crippen LogP contribution in [0.3, 0.4) is 0 Å². The maximum absolute atomic E-state index is 12.4. The minimum atomic E-state index is -4.98. The summed E-state index contributed by atoms with van der Waals surface area (Å²) in [5.41, 5.74) is 1.01. The molecule has 1 atom stereocenters. The lowest BCUT2D eigenvalue weighted by Crippen LogP contribution is -2.30. The quantitative estimate of drug-likeness (QED) is 0.840. The van der Waals surface area contributed by atoms with E-state index >= 15 is 0 Å². The fourth-order valence-corrected chi connectivity index (χ4v) is 2.82. The smallest absolute Gasteiger partial charge is 0.326 e. The monoisotopic (exact) mass is 391 g/mol. The first-order chi connectivity index (χ1) is 13.2. The van der Waals surface area contributed by atoms with Crippen molar-refractivity contribution in [3.8, 4) is 0 Å². The Morgan fingerprint density at radius 2 is 1.50 bits per heavy atom. The standard InChI is InChI=1S/C19H16F3N3O3/c20-19(21,22)18(28)24-14-8-6-13(7-9-14)23-17(27)12-10-16(26)25(11-12)15-4-2-1-3-5-15/h1-9,12H,10-11H2,(H,23,27)(H,24,28). The minimum Gasteiger partial charge on any atom is -0.326 e. The molecule has 0 bridgehead atoms. The third kappa shape index (κ3) is 4.48. The van der Waals surface area contributed by atoms with Crippen LogP contribution in [0.4, 0.5) is 30.2 Å². The lowest BCUT2D eigenvalue weighted by atomic mass is 10.1. The zero-order valence-corrected chi connectivity index (χ0v) is 14.5. The highest BCUT2D eigenvalue weighted by atomic mass is 19.4. The van der Waals surface area contributed by atoms with Gasteiger partial charge in [0.25, 0.3) is 0 Å². The van der Waals surface area contributed by atoms with E-state index in [1.165, 1.54) is 24.3 Å². The first-order valence-corrected chi connectivity index (χ1v) is 8.38. The third-order valence-corrected chi connectivity index (χ3v) is 4.23. The van der Waals surface area contributed by atoms with Gasteiger partial charge >= 0.3 is 12.1 Å². The Balaban J connectivity index is 1.59. The van der Waals surface area contributed by atoms with Crippen molar-refractivity contribution in [2.24, 2.45) is 5.92 Å². The number of nitrogens with one attached hydrogen (secondary N) is 2. The number of hydrogen-bond acceptors (Lipinski definition) is 3. The second kappa shape index (κ2) is 7.71. The van der Waals surface area contributed by atoms with Crippen molar-refractivity contribution in [3.05, 3.63) is 54.6 Å². The predicted octanol–water partition coefficient (Wildman–Crippen LogP) is 3.18. The van der Waals surface area contributed by atoms with Crippen molar-refractivity contribution in [1.29, 1.82) is 0 Å². The van der Waals surface area contributed by atoms with E-state index < -0.39 is 18.0 Å². The van der Waals surface area contributed by atoms with Crippen LogP contribution in [-0.4, -0.2) is 30.4 Å². The zero-order chi connectivity index (χ0) is 20.3. The Morgan fingerprint density at radius 3 is 2.07 bits per heavy atom. The minimum absolute atomic E-state index is 0.0494. The molecule has 1 aliphatic heterocycles. The largest absolute Gasteiger partial charge is 0.471 e. The van der Waals surface area contributed by atoms with Crippen LogP contribution in [0.15, 0.2) is 54.6 Å². The molecule has 0 saturated carbocycles. The highest BCUT2D eigenvalue weighted by molar-refractivity contribution is 6.03. The molecule has 1 unspecified atom stereocenters. The van der Waals surface area contributed by atoms with Crippen molar-refractivity contribution in [1.82, 2.24) is 0 Å². The molecule has 28 heavy (non-hydrogen) atoms. The summed E-state index contributed by atoms with van der Waals surface area (Å²) >= 11 is 0. The third-order valence-electron chi connectivity index (χ3n) is 4.23. The number of anilines is 3. The van der Waals surface area contributed by atoms with E-state index in [0.29, 0.717) is 11.4 Å². The van der Waals surface area contributed by atoms with Crippen molar-refractivity contribution in [3.63, 3.8) is 0 Å². The van der Waals surface area contributed by atoms with Crippen LogP contribution in [0.5, 0.6) is 0 Å². The normalized spacial score (nSPS) is 16.8. The number of para-hydroxylation sites is 1. The fraction of sp³-hybridized carbons (Fsp3) is 0.211. The first kappa shape index (κ1) is 19.4. The van der Waals surface area contributed by atoms with Crippen molar-refractivity contribution >= 4 is 34.8 Å². The zero-order valence-electron chi connectivity index (χ0n) is 14.5. The molecule has 6 nitrogen and oxygen atoms in total. The van der Waals surface area contributed by atoms with Gasteiger partial charge in [-0.3, -0.25) is 14.4 Å². The lowest BCUT2D eigenvalue weighted by Gasteiger charge is -2.16. The van der Waals surface area contributed by atoms with Crippen LogP contribution in [0.2, 0.25) is 0 Å². The van der Waals surface area contributed by atoms with Gasteiger partial charge in [0.2, 0.25) is 11.8 Å². The Bertz CT molecular complexity index is 883. The average Bonchev–Trinajstić information content (AvgIpc) is 3.05. The number of hydrogen-bond donors (Lipinski definition) is 2. The number of carbonyl (C=O) groups excluding carboxylic acids is 3. The number of nitrogens with zero attached hydrogens (tertiary/aromatic N) is 1. The van der Waals surface area contributed by atoms with Gasteiger partial charge in [-0.05, 0) is 36.4 Å². The number of rotatable bonds is 4. The molecule has 1 aliphatic rings. The van der Waals surface area contributed by atoms with Gasteiger partial charge in [-0.1, -0.05) is 18.2 Å². The molecule has 2 N–H and O–H groups in total. The van der Waals surface area contributed by atoms with Crippen LogP contribution in [0.1, 0.15) is 6.42 Å². The molecule has 2 aromatic rings. The topological polar surface area (TPSA) is 78.5 Å². The highest BCUT2D eigenvalue weighted by Crippen LogP contribution is 2.26. The van der Waals surface area contributed by atoms with Crippen molar-refractivity contribution in [2.45, 2.75) is 12.6 Å². The Morgan fingerprint density at radius 1 is 0.929 bits per heavy atom. The molecule has 1 heterocycles. The SMILES string of the molecule is O=C(Nc1ccc(NC(=O)C(F)(F)F)cc1)C1CC(=O)N(c2ccccc2)C1. The van der Waals surface area contributed by atoms with Gasteiger partial charge in [-0.2, -0.15) is 13.2 Å². The second-order valence-corrected chi connectivity index (χ2v) is 6.26. The molecule has 3 rings (SSSR count). The summed E-state index contributed by atoms with van der Waals surface area (Å²) in [6, 6.07) is 14.2. The predicted molar refractivity (Wildman–Crippen MR) is 96.7 cm³/mol. The number of carbonyl (C=O) groups is 3. The van der Waals surface area contributed by atoms with E-state index in [-0.39, 0.29) is 30.5 Å². The van der Waals surface area contributed by atoms with Gasteiger partial charge in [0, 0.05) is 30.0 Å². The lowest BCUT2D eigenvalue weighted by molar-refractivity contribution is -0.167. The van der Waals surface area contributed by atoms with Gasteiger partial charge in [0.05, 0.1) is 5.92 Å². The van der Waals surface area contributed by atoms with E-state index in [4.69, 9.17) is 0 Å². The summed E-state index contributed by atoms with van der Waals surface area (Å²) in [5.74, 6) is -3.14. The Labute approximate surface area is 158 Å². The van der Waals surface area contributed by atoms with Gasteiger partial charge in [-0.25, -0.2) is 0 Å². The van der Waals surface area contributed by atoms with Gasteiger partial charge < -0.3 is 15.5 Å². The van der Waals surface area contributed by atoms with E-state index in [0.717, 1.165) is 0 Å². The number of benzene rings is 2. The van der Waals surface area contributed by atoms with Crippen LogP contribution >= 0.6 is 0 Å². The summed E-state index contributed by atoms with van der Waals surface area (Å²) in [5, 5.41) is 4.35. The van der Waals surface area contributed by atoms with Crippen LogP contribution in [0, 0.1) is 5.92 Å². The second-order valence-electron chi connectivity index (χ2n) is 6.26. The number of amides is 3. The van der Waals surface area contributed by atoms with Gasteiger partial charge in [0.1, 0.15) is 0 Å². The molecule has 9 heteroatoms. The molecule has 0 radical (unpaired) electrons. The first-order valence-electron chi connectivity index (χ1n) is 8.38. The Hall–Kier alpha value is -3.36. The molecular weight excluding hydrogens is 375 g/mol. The van der Waals surface area contributed by atoms with E-state index in [1.54, 1.807) is 34.5 Å². The summed E-state index contributed by atoms with van der Waals surface area (Å²) < 4.78 is 36.7. The molecule has 0 aromatic heterocycles. The number of halogens is 3. The van der Waals surface area contributed by atoms with Crippen LogP contribution < -0.4 is 15.5 Å². The van der Waals surface area contributed by atoms with E-state index in [2.05, 4.69) is 5.32 Å². The average molecular weight is 391 g/mol. The summed E-state index contributed by atoms with van der Waals surface area (Å²) in [6.45, 7) is 0.244. The van der Waals surface area contributed by atoms with Crippen molar-refractivity contribution in [2.75, 3.05) is 22.1 Å². The van der Waals surface area contributed by atoms with Crippen molar-refractivity contribution < 1.29 is 27.6 Å². The highest BCUT2D eigenvalue weighted by Gasteiger charge is 2.38. The maximum Gasteiger partial charge on any atom is 0.471 e. The molecule has 0 aliphatic carbocycles. The molecule has 3 amide bonds. The van der Waals surface area contributed by atoms with E-state index in [9.17, 15) is 27.6 Å². The van der Waals surface area contributed by atoms with Crippen LogP contribution in [0.25, 0.3) is 0 Å². The summed E-state index contributed by atoms with van der Waals surface area (Å²) in [7, 11) is 0. The summed E-state index contributed by atoms with van der Waals surface area (Å²) in [6.07, 6.45) is -4.91. The molecular formula is C19H16F3N3O3. The molecule has 1 fully saturated rings. The number of alkyl halides is 3. The summed E-state index contributed by atoms with van der Waals surface area (Å²) in [4.78, 5) is 37.1. The molecule has 2 aromatic carbocycles. The van der Waals surface area contributed by atoms with Crippen LogP contribution in [-0.2, 0) is 14.4 Å². The van der Waals surface area contributed by atoms with E-state index in [1.807, 2.05) is 6.07 Å². The van der Waals surface area contributed by atoms with Gasteiger partial charge in [0.15, 0.2) is 0 Å². The fourth-order valence-electron chi connectivity index (χ4n) is 2.82. The van der Waals surface area contributed by atoms with Gasteiger partial charge in [-0.15, -0.1) is 0 Å². The maximum atomic E-state index is 12.4. The molecule has 146 valence electrons.